The standard InChI is InChI=1S/C24H30O7/c1-26-20-18-13-15(14-19(18)21(27-2)23(29-4)22(20)28-3)7-6-12-31-17-10-8-16(9-11-17)24(25)30-5/h8-11,15H,6-7,12-14H2,1-5H3. The minimum atomic E-state index is -0.355. The summed E-state index contributed by atoms with van der Waals surface area (Å²) in [7, 11) is 7.88. The highest BCUT2D eigenvalue weighted by Gasteiger charge is 2.33. The Morgan fingerprint density at radius 1 is 0.806 bits per heavy atom. The summed E-state index contributed by atoms with van der Waals surface area (Å²) in [6.07, 6.45) is 3.70. The normalized spacial score (nSPS) is 12.8. The van der Waals surface area contributed by atoms with Gasteiger partial charge in [0.2, 0.25) is 11.5 Å². The van der Waals surface area contributed by atoms with Crippen molar-refractivity contribution in [3.63, 3.8) is 0 Å². The number of ether oxygens (including phenoxy) is 6. The van der Waals surface area contributed by atoms with Crippen molar-refractivity contribution in [3.8, 4) is 28.7 Å². The lowest BCUT2D eigenvalue weighted by Crippen LogP contribution is -2.05. The molecular formula is C24H30O7. The molecule has 1 aliphatic rings. The van der Waals surface area contributed by atoms with Gasteiger partial charge in [-0.3, -0.25) is 0 Å². The van der Waals surface area contributed by atoms with Gasteiger partial charge in [-0.1, -0.05) is 0 Å². The van der Waals surface area contributed by atoms with Gasteiger partial charge in [-0.25, -0.2) is 4.79 Å². The van der Waals surface area contributed by atoms with Crippen LogP contribution in [0, 0.1) is 5.92 Å². The first kappa shape index (κ1) is 22.6. The van der Waals surface area contributed by atoms with Crippen molar-refractivity contribution < 1.29 is 33.2 Å². The van der Waals surface area contributed by atoms with Gasteiger partial charge in [0.25, 0.3) is 0 Å². The Morgan fingerprint density at radius 3 is 1.77 bits per heavy atom. The molecule has 7 heteroatoms. The maximum atomic E-state index is 11.5. The van der Waals surface area contributed by atoms with Gasteiger partial charge in [0, 0.05) is 11.1 Å². The smallest absolute Gasteiger partial charge is 0.337 e. The topological polar surface area (TPSA) is 72.5 Å². The molecule has 0 N–H and O–H groups in total. The predicted molar refractivity (Wildman–Crippen MR) is 116 cm³/mol. The third kappa shape index (κ3) is 4.65. The molecule has 0 radical (unpaired) electrons. The summed E-state index contributed by atoms with van der Waals surface area (Å²) in [4.78, 5) is 11.5. The molecule has 0 heterocycles. The molecule has 0 bridgehead atoms. The third-order valence-corrected chi connectivity index (χ3v) is 5.63. The second kappa shape index (κ2) is 10.3. The lowest BCUT2D eigenvalue weighted by Gasteiger charge is -2.19. The molecule has 0 fully saturated rings. The zero-order valence-electron chi connectivity index (χ0n) is 18.8. The minimum absolute atomic E-state index is 0.355. The van der Waals surface area contributed by atoms with Crippen molar-refractivity contribution in [2.24, 2.45) is 5.92 Å². The van der Waals surface area contributed by atoms with Crippen LogP contribution in [0.2, 0.25) is 0 Å². The van der Waals surface area contributed by atoms with Crippen LogP contribution in [0.1, 0.15) is 34.3 Å². The maximum Gasteiger partial charge on any atom is 0.337 e. The quantitative estimate of drug-likeness (QED) is 0.415. The Balaban J connectivity index is 1.61. The highest BCUT2D eigenvalue weighted by Crippen LogP contribution is 2.53. The molecule has 1 aliphatic carbocycles. The van der Waals surface area contributed by atoms with Crippen molar-refractivity contribution >= 4 is 5.97 Å². The van der Waals surface area contributed by atoms with E-state index in [0.29, 0.717) is 29.6 Å². The van der Waals surface area contributed by atoms with Crippen molar-refractivity contribution in [1.29, 1.82) is 0 Å². The van der Waals surface area contributed by atoms with Gasteiger partial charge in [-0.15, -0.1) is 0 Å². The molecular weight excluding hydrogens is 400 g/mol. The fourth-order valence-electron chi connectivity index (χ4n) is 4.21. The molecule has 2 aromatic rings. The van der Waals surface area contributed by atoms with E-state index in [1.807, 2.05) is 0 Å². The first-order valence-corrected chi connectivity index (χ1v) is 10.3. The van der Waals surface area contributed by atoms with Crippen LogP contribution in [0.15, 0.2) is 24.3 Å². The lowest BCUT2D eigenvalue weighted by molar-refractivity contribution is 0.0600. The monoisotopic (exact) mass is 430 g/mol. The van der Waals surface area contributed by atoms with Gasteiger partial charge in [0.15, 0.2) is 11.5 Å². The lowest BCUT2D eigenvalue weighted by atomic mass is 10.0. The van der Waals surface area contributed by atoms with E-state index in [4.69, 9.17) is 28.4 Å². The summed E-state index contributed by atoms with van der Waals surface area (Å²) < 4.78 is 33.0. The number of hydrogen-bond donors (Lipinski definition) is 0. The Labute approximate surface area is 183 Å². The van der Waals surface area contributed by atoms with Crippen LogP contribution in [-0.2, 0) is 17.6 Å². The molecule has 0 atom stereocenters. The minimum Gasteiger partial charge on any atom is -0.494 e. The van der Waals surface area contributed by atoms with Crippen molar-refractivity contribution in [1.82, 2.24) is 0 Å². The van der Waals surface area contributed by atoms with E-state index >= 15 is 0 Å². The van der Waals surface area contributed by atoms with Crippen LogP contribution in [0.25, 0.3) is 0 Å². The zero-order chi connectivity index (χ0) is 22.4. The number of carbonyl (C=O) groups is 1. The summed E-state index contributed by atoms with van der Waals surface area (Å²) in [5.74, 6) is 3.42. The summed E-state index contributed by atoms with van der Waals surface area (Å²) >= 11 is 0. The second-order valence-corrected chi connectivity index (χ2v) is 7.37. The molecule has 168 valence electrons. The van der Waals surface area contributed by atoms with E-state index in [0.717, 1.165) is 54.1 Å². The fraction of sp³-hybridized carbons (Fsp3) is 0.458. The predicted octanol–water partition coefficient (Wildman–Crippen LogP) is 4.08. The van der Waals surface area contributed by atoms with Crippen LogP contribution >= 0.6 is 0 Å². The Hall–Kier alpha value is -3.09. The van der Waals surface area contributed by atoms with Gasteiger partial charge in [-0.05, 0) is 55.9 Å². The SMILES string of the molecule is COC(=O)c1ccc(OCCCC2Cc3c(c(OC)c(OC)c(OC)c3OC)C2)cc1. The number of fused-ring (bicyclic) bond motifs is 1. The average Bonchev–Trinajstić information content (AvgIpc) is 3.23. The molecule has 31 heavy (non-hydrogen) atoms. The molecule has 2 aromatic carbocycles. The van der Waals surface area contributed by atoms with Gasteiger partial charge >= 0.3 is 5.97 Å². The summed E-state index contributed by atoms with van der Waals surface area (Å²) in [5.41, 5.74) is 2.76. The molecule has 0 unspecified atom stereocenters. The number of methoxy groups -OCH3 is 5. The molecule has 0 saturated carbocycles. The molecule has 0 saturated heterocycles. The highest BCUT2D eigenvalue weighted by molar-refractivity contribution is 5.89. The highest BCUT2D eigenvalue weighted by atomic mass is 16.5. The number of esters is 1. The van der Waals surface area contributed by atoms with E-state index in [2.05, 4.69) is 0 Å². The van der Waals surface area contributed by atoms with Crippen molar-refractivity contribution in [3.05, 3.63) is 41.0 Å². The Morgan fingerprint density at radius 2 is 1.32 bits per heavy atom. The van der Waals surface area contributed by atoms with E-state index in [9.17, 15) is 4.79 Å². The zero-order valence-corrected chi connectivity index (χ0v) is 18.8. The van der Waals surface area contributed by atoms with E-state index in [-0.39, 0.29) is 5.97 Å². The van der Waals surface area contributed by atoms with E-state index in [1.165, 1.54) is 7.11 Å². The number of benzene rings is 2. The van der Waals surface area contributed by atoms with Crippen molar-refractivity contribution in [2.45, 2.75) is 25.7 Å². The molecule has 0 aliphatic heterocycles. The van der Waals surface area contributed by atoms with Crippen molar-refractivity contribution in [2.75, 3.05) is 42.2 Å². The van der Waals surface area contributed by atoms with E-state index in [1.54, 1.807) is 52.7 Å². The number of carbonyl (C=O) groups excluding carboxylic acids is 1. The van der Waals surface area contributed by atoms with Gasteiger partial charge in [-0.2, -0.15) is 0 Å². The van der Waals surface area contributed by atoms with Crippen LogP contribution in [0.3, 0.4) is 0 Å². The van der Waals surface area contributed by atoms with Crippen LogP contribution < -0.4 is 23.7 Å². The first-order valence-electron chi connectivity index (χ1n) is 10.3. The van der Waals surface area contributed by atoms with Crippen LogP contribution in [0.4, 0.5) is 0 Å². The first-order chi connectivity index (χ1) is 15.1. The average molecular weight is 430 g/mol. The molecule has 0 aromatic heterocycles. The summed E-state index contributed by atoms with van der Waals surface area (Å²) in [6, 6.07) is 6.97. The Kier molecular flexibility index (Phi) is 7.50. The van der Waals surface area contributed by atoms with Gasteiger partial charge < -0.3 is 28.4 Å². The van der Waals surface area contributed by atoms with Crippen LogP contribution in [0.5, 0.6) is 28.7 Å². The number of hydrogen-bond acceptors (Lipinski definition) is 7. The summed E-state index contributed by atoms with van der Waals surface area (Å²) in [6.45, 7) is 0.603. The van der Waals surface area contributed by atoms with E-state index < -0.39 is 0 Å². The van der Waals surface area contributed by atoms with Crippen LogP contribution in [-0.4, -0.2) is 48.1 Å². The summed E-state index contributed by atoms with van der Waals surface area (Å²) in [5, 5.41) is 0. The molecule has 7 nitrogen and oxygen atoms in total. The molecule has 0 spiro atoms. The second-order valence-electron chi connectivity index (χ2n) is 7.37. The Bertz CT molecular complexity index is 864. The maximum absolute atomic E-state index is 11.5. The third-order valence-electron chi connectivity index (χ3n) is 5.63. The van der Waals surface area contributed by atoms with Gasteiger partial charge in [0.1, 0.15) is 5.75 Å². The molecule has 0 amide bonds. The van der Waals surface area contributed by atoms with Gasteiger partial charge in [0.05, 0.1) is 47.7 Å². The fourth-order valence-corrected chi connectivity index (χ4v) is 4.21. The largest absolute Gasteiger partial charge is 0.494 e. The number of rotatable bonds is 10. The molecule has 3 rings (SSSR count).